The van der Waals surface area contributed by atoms with E-state index in [1.165, 1.54) is 0 Å². The van der Waals surface area contributed by atoms with Crippen molar-refractivity contribution in [3.63, 3.8) is 0 Å². The molecule has 12 heteroatoms. The lowest BCUT2D eigenvalue weighted by molar-refractivity contribution is -0.119. The minimum atomic E-state index is -4.83. The van der Waals surface area contributed by atoms with Gasteiger partial charge in [0.2, 0.25) is 9.84 Å². The molecule has 0 saturated carbocycles. The predicted molar refractivity (Wildman–Crippen MR) is 84.9 cm³/mol. The number of rotatable bonds is 6. The largest absolute Gasteiger partial charge is 0.452 e. The normalized spacial score (nSPS) is 11.4. The Morgan fingerprint density at radius 3 is 2.14 bits per heavy atom. The fraction of sp³-hybridized carbons (Fsp3) is 0.125. The molecule has 0 aliphatic heterocycles. The zero-order valence-corrected chi connectivity index (χ0v) is 14.4. The van der Waals surface area contributed by atoms with Crippen molar-refractivity contribution in [2.45, 2.75) is 10.7 Å². The molecule has 2 aromatic rings. The summed E-state index contributed by atoms with van der Waals surface area (Å²) in [5, 5.41) is 1.87. The summed E-state index contributed by atoms with van der Waals surface area (Å²) in [6.07, 6.45) is 0. The summed E-state index contributed by atoms with van der Waals surface area (Å²) in [5.74, 6) is -10.7. The molecule has 0 aliphatic carbocycles. The van der Waals surface area contributed by atoms with E-state index in [1.54, 1.807) is 0 Å². The molecule has 2 rings (SSSR count). The van der Waals surface area contributed by atoms with E-state index in [2.05, 4.69) is 4.74 Å². The maximum absolute atomic E-state index is 13.4. The van der Waals surface area contributed by atoms with Gasteiger partial charge in [-0.25, -0.2) is 26.4 Å². The lowest BCUT2D eigenvalue weighted by Gasteiger charge is -2.08. The maximum atomic E-state index is 13.4. The van der Waals surface area contributed by atoms with Crippen LogP contribution in [-0.4, -0.2) is 32.7 Å². The van der Waals surface area contributed by atoms with Gasteiger partial charge in [-0.15, -0.1) is 0 Å². The first kappa shape index (κ1) is 21.3. The second kappa shape index (κ2) is 8.33. The van der Waals surface area contributed by atoms with Gasteiger partial charge in [0.25, 0.3) is 5.91 Å². The van der Waals surface area contributed by atoms with E-state index in [0.29, 0.717) is 6.07 Å². The van der Waals surface area contributed by atoms with E-state index in [1.807, 2.05) is 5.32 Å². The van der Waals surface area contributed by atoms with E-state index in [4.69, 9.17) is 0 Å². The van der Waals surface area contributed by atoms with Gasteiger partial charge in [-0.1, -0.05) is 0 Å². The van der Waals surface area contributed by atoms with Crippen LogP contribution in [0.2, 0.25) is 0 Å². The molecule has 0 bridgehead atoms. The van der Waals surface area contributed by atoms with Crippen LogP contribution in [0.15, 0.2) is 41.3 Å². The van der Waals surface area contributed by atoms with Crippen molar-refractivity contribution < 1.29 is 44.7 Å². The van der Waals surface area contributed by atoms with Crippen LogP contribution in [0.3, 0.4) is 0 Å². The Morgan fingerprint density at radius 1 is 0.964 bits per heavy atom. The van der Waals surface area contributed by atoms with E-state index in [0.717, 1.165) is 30.3 Å². The number of halogens is 5. The highest BCUT2D eigenvalue weighted by atomic mass is 32.2. The number of amides is 1. The van der Waals surface area contributed by atoms with E-state index < -0.39 is 62.1 Å². The molecule has 0 heterocycles. The molecule has 0 radical (unpaired) electrons. The number of benzene rings is 2. The monoisotopic (exact) mass is 423 g/mol. The number of carbonyl (C=O) groups is 2. The number of carbonyl (C=O) groups excluding carboxylic acids is 2. The molecule has 0 aliphatic rings. The molecule has 1 amide bonds. The highest BCUT2D eigenvalue weighted by Crippen LogP contribution is 2.20. The van der Waals surface area contributed by atoms with Crippen molar-refractivity contribution in [3.8, 4) is 0 Å². The molecule has 28 heavy (non-hydrogen) atoms. The number of anilines is 1. The second-order valence-electron chi connectivity index (χ2n) is 5.18. The minimum Gasteiger partial charge on any atom is -0.452 e. The van der Waals surface area contributed by atoms with E-state index in [9.17, 15) is 40.0 Å². The Bertz CT molecular complexity index is 1010. The average Bonchev–Trinajstić information content (AvgIpc) is 2.66. The molecule has 0 unspecified atom stereocenters. The summed E-state index contributed by atoms with van der Waals surface area (Å²) in [4.78, 5) is 22.7. The first-order chi connectivity index (χ1) is 13.0. The quantitative estimate of drug-likeness (QED) is 0.439. The zero-order chi connectivity index (χ0) is 21.1. The molecule has 0 spiro atoms. The Hall–Kier alpha value is -3.02. The third kappa shape index (κ3) is 4.63. The summed E-state index contributed by atoms with van der Waals surface area (Å²) in [7, 11) is -4.83. The predicted octanol–water partition coefficient (Wildman–Crippen LogP) is 2.90. The molecule has 0 fully saturated rings. The molecule has 2 aromatic carbocycles. The van der Waals surface area contributed by atoms with Gasteiger partial charge in [0.05, 0.1) is 16.1 Å². The summed E-state index contributed by atoms with van der Waals surface area (Å²) >= 11 is 0. The molecule has 1 N–H and O–H groups in total. The summed E-state index contributed by atoms with van der Waals surface area (Å²) in [5.41, 5.74) is -0.929. The van der Waals surface area contributed by atoms with Gasteiger partial charge in [-0.2, -0.15) is 8.78 Å². The average molecular weight is 423 g/mol. The second-order valence-corrected chi connectivity index (χ2v) is 7.10. The first-order valence-corrected chi connectivity index (χ1v) is 8.81. The number of ether oxygens (including phenoxy) is 1. The van der Waals surface area contributed by atoms with Gasteiger partial charge in [-0.05, 0) is 36.4 Å². The van der Waals surface area contributed by atoms with E-state index in [-0.39, 0.29) is 5.56 Å². The number of esters is 1. The van der Waals surface area contributed by atoms with Crippen molar-refractivity contribution in [2.75, 3.05) is 11.9 Å². The number of hydrogen-bond acceptors (Lipinski definition) is 5. The smallest absolute Gasteiger partial charge is 0.341 e. The van der Waals surface area contributed by atoms with E-state index >= 15 is 0 Å². The molecule has 0 saturated heterocycles. The number of nitrogens with one attached hydrogen (secondary N) is 1. The summed E-state index contributed by atoms with van der Waals surface area (Å²) < 4.78 is 91.3. The lowest BCUT2D eigenvalue weighted by atomic mass is 10.2. The molecule has 6 nitrogen and oxygen atoms in total. The molecular weight excluding hydrogens is 413 g/mol. The highest BCUT2D eigenvalue weighted by molar-refractivity contribution is 7.91. The Kier molecular flexibility index (Phi) is 6.33. The third-order valence-electron chi connectivity index (χ3n) is 3.30. The summed E-state index contributed by atoms with van der Waals surface area (Å²) in [6, 6.07) is 4.64. The SMILES string of the molecule is O=C(COC(=O)c1ccc(S(=O)(=O)C(F)F)cc1)Nc1ccc(F)c(F)c1F. The molecular formula is C16H10F5NO5S. The third-order valence-corrected chi connectivity index (χ3v) is 4.70. The highest BCUT2D eigenvalue weighted by Gasteiger charge is 2.26. The Labute approximate surface area is 154 Å². The van der Waals surface area contributed by atoms with Crippen LogP contribution in [-0.2, 0) is 19.4 Å². The van der Waals surface area contributed by atoms with Gasteiger partial charge < -0.3 is 10.1 Å². The standard InChI is InChI=1S/C16H10F5NO5S/c17-10-5-6-11(14(19)13(10)18)22-12(23)7-27-15(24)8-1-3-9(4-2-8)28(25,26)16(20)21/h1-6,16H,7H2,(H,22,23). The Balaban J connectivity index is 1.99. The first-order valence-electron chi connectivity index (χ1n) is 7.26. The number of alkyl halides is 2. The zero-order valence-electron chi connectivity index (χ0n) is 13.6. The van der Waals surface area contributed by atoms with Crippen LogP contribution in [0.1, 0.15) is 10.4 Å². The van der Waals surface area contributed by atoms with Gasteiger partial charge >= 0.3 is 11.7 Å². The number of hydrogen-bond donors (Lipinski definition) is 1. The van der Waals surface area contributed by atoms with Crippen LogP contribution in [0.4, 0.5) is 27.6 Å². The van der Waals surface area contributed by atoms with Crippen LogP contribution >= 0.6 is 0 Å². The minimum absolute atomic E-state index is 0.250. The summed E-state index contributed by atoms with van der Waals surface area (Å²) in [6.45, 7) is -0.936. The molecule has 0 aromatic heterocycles. The van der Waals surface area contributed by atoms with Crippen molar-refractivity contribution in [1.29, 1.82) is 0 Å². The van der Waals surface area contributed by atoms with Gasteiger partial charge in [0.1, 0.15) is 0 Å². The van der Waals surface area contributed by atoms with Crippen LogP contribution in [0.5, 0.6) is 0 Å². The van der Waals surface area contributed by atoms with Crippen LogP contribution < -0.4 is 5.32 Å². The van der Waals surface area contributed by atoms with Crippen molar-refractivity contribution in [3.05, 3.63) is 59.4 Å². The van der Waals surface area contributed by atoms with Gasteiger partial charge in [0.15, 0.2) is 24.1 Å². The van der Waals surface area contributed by atoms with Crippen molar-refractivity contribution in [2.24, 2.45) is 0 Å². The molecule has 150 valence electrons. The van der Waals surface area contributed by atoms with Crippen LogP contribution in [0, 0.1) is 17.5 Å². The fourth-order valence-electron chi connectivity index (χ4n) is 1.91. The van der Waals surface area contributed by atoms with Crippen molar-refractivity contribution >= 4 is 27.4 Å². The van der Waals surface area contributed by atoms with Crippen molar-refractivity contribution in [1.82, 2.24) is 0 Å². The van der Waals surface area contributed by atoms with Crippen LogP contribution in [0.25, 0.3) is 0 Å². The lowest BCUT2D eigenvalue weighted by Crippen LogP contribution is -2.22. The fourth-order valence-corrected chi connectivity index (χ4v) is 2.63. The molecule has 0 atom stereocenters. The van der Waals surface area contributed by atoms with Gasteiger partial charge in [-0.3, -0.25) is 4.79 Å². The topological polar surface area (TPSA) is 89.5 Å². The maximum Gasteiger partial charge on any atom is 0.341 e. The van der Waals surface area contributed by atoms with Gasteiger partial charge in [0, 0.05) is 0 Å². The Morgan fingerprint density at radius 2 is 1.57 bits per heavy atom. The number of sulfone groups is 1.